The monoisotopic (exact) mass is 245 g/mol. The first-order valence-corrected chi connectivity index (χ1v) is 7.63. The van der Waals surface area contributed by atoms with Crippen molar-refractivity contribution < 1.29 is 0 Å². The molecule has 0 radical (unpaired) electrons. The Kier molecular flexibility index (Phi) is 4.65. The Morgan fingerprint density at radius 1 is 1.47 bits per heavy atom. The Labute approximate surface area is 100 Å². The molecule has 0 aromatic heterocycles. The summed E-state index contributed by atoms with van der Waals surface area (Å²) >= 11 is 3.94. The summed E-state index contributed by atoms with van der Waals surface area (Å²) in [5.74, 6) is 2.60. The van der Waals surface area contributed by atoms with E-state index < -0.39 is 0 Å². The number of hydrogen-bond acceptors (Lipinski definition) is 5. The van der Waals surface area contributed by atoms with E-state index in [-0.39, 0.29) is 0 Å². The van der Waals surface area contributed by atoms with E-state index >= 15 is 0 Å². The number of thioether (sulfide) groups is 2. The SMILES string of the molecule is CC1CN=C(NCCN2CCSCC2)S1. The van der Waals surface area contributed by atoms with Crippen LogP contribution in [0, 0.1) is 0 Å². The molecule has 5 heteroatoms. The molecule has 1 atom stereocenters. The second kappa shape index (κ2) is 6.01. The van der Waals surface area contributed by atoms with E-state index in [2.05, 4.69) is 33.9 Å². The number of nitrogens with one attached hydrogen (secondary N) is 1. The summed E-state index contributed by atoms with van der Waals surface area (Å²) in [6.07, 6.45) is 0. The molecular weight excluding hydrogens is 226 g/mol. The lowest BCUT2D eigenvalue weighted by Gasteiger charge is -2.26. The number of rotatable bonds is 3. The molecule has 0 aliphatic carbocycles. The second-order valence-corrected chi connectivity index (χ2v) is 6.61. The van der Waals surface area contributed by atoms with Crippen molar-refractivity contribution in [1.29, 1.82) is 0 Å². The maximum absolute atomic E-state index is 4.45. The summed E-state index contributed by atoms with van der Waals surface area (Å²) in [5.41, 5.74) is 0. The zero-order chi connectivity index (χ0) is 10.5. The van der Waals surface area contributed by atoms with Crippen LogP contribution in [0.1, 0.15) is 6.92 Å². The molecular formula is C10H19N3S2. The second-order valence-electron chi connectivity index (χ2n) is 3.96. The Morgan fingerprint density at radius 3 is 2.93 bits per heavy atom. The average molecular weight is 245 g/mol. The van der Waals surface area contributed by atoms with Gasteiger partial charge in [0.05, 0.1) is 6.54 Å². The predicted molar refractivity (Wildman–Crippen MR) is 71.1 cm³/mol. The third-order valence-corrected chi connectivity index (χ3v) is 4.60. The van der Waals surface area contributed by atoms with Crippen LogP contribution >= 0.6 is 23.5 Å². The molecule has 0 saturated carbocycles. The topological polar surface area (TPSA) is 27.6 Å². The van der Waals surface area contributed by atoms with E-state index in [9.17, 15) is 0 Å². The molecule has 0 amide bonds. The molecule has 1 N–H and O–H groups in total. The van der Waals surface area contributed by atoms with E-state index in [1.807, 2.05) is 11.8 Å². The molecule has 2 rings (SSSR count). The molecule has 1 saturated heterocycles. The fourth-order valence-corrected chi connectivity index (χ4v) is 3.56. The Bertz CT molecular complexity index is 227. The summed E-state index contributed by atoms with van der Waals surface area (Å²) in [5, 5.41) is 5.24. The van der Waals surface area contributed by atoms with Crippen molar-refractivity contribution >= 4 is 28.7 Å². The predicted octanol–water partition coefficient (Wildman–Crippen LogP) is 1.12. The van der Waals surface area contributed by atoms with E-state index in [0.717, 1.165) is 24.8 Å². The molecule has 0 bridgehead atoms. The van der Waals surface area contributed by atoms with Crippen LogP contribution in [0.5, 0.6) is 0 Å². The van der Waals surface area contributed by atoms with Gasteiger partial charge in [0.2, 0.25) is 0 Å². The van der Waals surface area contributed by atoms with Crippen LogP contribution in [0.15, 0.2) is 4.99 Å². The van der Waals surface area contributed by atoms with Gasteiger partial charge in [0.1, 0.15) is 0 Å². The summed E-state index contributed by atoms with van der Waals surface area (Å²) in [6, 6.07) is 0. The lowest BCUT2D eigenvalue weighted by Crippen LogP contribution is -2.38. The van der Waals surface area contributed by atoms with E-state index in [1.165, 1.54) is 24.6 Å². The summed E-state index contributed by atoms with van der Waals surface area (Å²) in [4.78, 5) is 6.98. The molecule has 2 aliphatic rings. The van der Waals surface area contributed by atoms with Crippen LogP contribution in [0.3, 0.4) is 0 Å². The van der Waals surface area contributed by atoms with Crippen molar-refractivity contribution in [3.63, 3.8) is 0 Å². The van der Waals surface area contributed by atoms with Crippen molar-refractivity contribution in [3.8, 4) is 0 Å². The molecule has 0 spiro atoms. The zero-order valence-corrected chi connectivity index (χ0v) is 10.9. The quantitative estimate of drug-likeness (QED) is 0.806. The highest BCUT2D eigenvalue weighted by Gasteiger charge is 2.15. The largest absolute Gasteiger partial charge is 0.364 e. The standard InChI is InChI=1S/C10H19N3S2/c1-9-8-12-10(15-9)11-2-3-13-4-6-14-7-5-13/h9H,2-8H2,1H3,(H,11,12). The van der Waals surface area contributed by atoms with Gasteiger partial charge < -0.3 is 5.32 Å². The highest BCUT2D eigenvalue weighted by molar-refractivity contribution is 8.14. The maximum atomic E-state index is 4.45. The number of hydrogen-bond donors (Lipinski definition) is 1. The highest BCUT2D eigenvalue weighted by atomic mass is 32.2. The first-order valence-electron chi connectivity index (χ1n) is 5.59. The Hall–Kier alpha value is 0.130. The van der Waals surface area contributed by atoms with Crippen molar-refractivity contribution in [2.75, 3.05) is 44.2 Å². The average Bonchev–Trinajstić information content (AvgIpc) is 2.66. The minimum Gasteiger partial charge on any atom is -0.364 e. The number of aliphatic imine (C=N–C) groups is 1. The van der Waals surface area contributed by atoms with E-state index in [1.54, 1.807) is 0 Å². The maximum Gasteiger partial charge on any atom is 0.156 e. The van der Waals surface area contributed by atoms with Gasteiger partial charge in [-0.25, -0.2) is 0 Å². The third kappa shape index (κ3) is 3.89. The molecule has 86 valence electrons. The lowest BCUT2D eigenvalue weighted by molar-refractivity contribution is 0.307. The summed E-state index contributed by atoms with van der Waals surface area (Å²) in [6.45, 7) is 7.92. The van der Waals surface area contributed by atoms with Crippen molar-refractivity contribution in [1.82, 2.24) is 10.2 Å². The Morgan fingerprint density at radius 2 is 2.27 bits per heavy atom. The van der Waals surface area contributed by atoms with Gasteiger partial charge in [-0.3, -0.25) is 9.89 Å². The van der Waals surface area contributed by atoms with Gasteiger partial charge in [0.15, 0.2) is 5.17 Å². The van der Waals surface area contributed by atoms with Gasteiger partial charge >= 0.3 is 0 Å². The van der Waals surface area contributed by atoms with Gasteiger partial charge in [-0.2, -0.15) is 11.8 Å². The van der Waals surface area contributed by atoms with Crippen molar-refractivity contribution in [3.05, 3.63) is 0 Å². The lowest BCUT2D eigenvalue weighted by atomic mass is 10.4. The smallest absolute Gasteiger partial charge is 0.156 e. The van der Waals surface area contributed by atoms with Crippen LogP contribution in [0.2, 0.25) is 0 Å². The van der Waals surface area contributed by atoms with Crippen LogP contribution in [-0.4, -0.2) is 59.5 Å². The van der Waals surface area contributed by atoms with Gasteiger partial charge in [-0.15, -0.1) is 0 Å². The molecule has 0 aromatic carbocycles. The third-order valence-electron chi connectivity index (χ3n) is 2.61. The van der Waals surface area contributed by atoms with Crippen LogP contribution in [-0.2, 0) is 0 Å². The molecule has 0 aromatic rings. The fourth-order valence-electron chi connectivity index (χ4n) is 1.72. The normalized spacial score (nSPS) is 27.8. The van der Waals surface area contributed by atoms with Gasteiger partial charge in [0, 0.05) is 42.9 Å². The van der Waals surface area contributed by atoms with Crippen LogP contribution in [0.4, 0.5) is 0 Å². The zero-order valence-electron chi connectivity index (χ0n) is 9.24. The molecule has 15 heavy (non-hydrogen) atoms. The van der Waals surface area contributed by atoms with E-state index in [0.29, 0.717) is 5.25 Å². The molecule has 3 nitrogen and oxygen atoms in total. The fraction of sp³-hybridized carbons (Fsp3) is 0.900. The van der Waals surface area contributed by atoms with Crippen LogP contribution in [0.25, 0.3) is 0 Å². The first kappa shape index (κ1) is 11.6. The molecule has 1 fully saturated rings. The van der Waals surface area contributed by atoms with Crippen molar-refractivity contribution in [2.45, 2.75) is 12.2 Å². The van der Waals surface area contributed by atoms with Gasteiger partial charge in [0.25, 0.3) is 0 Å². The molecule has 1 unspecified atom stereocenters. The summed E-state index contributed by atoms with van der Waals surface area (Å²) in [7, 11) is 0. The minimum absolute atomic E-state index is 0.666. The number of amidine groups is 1. The van der Waals surface area contributed by atoms with Crippen molar-refractivity contribution in [2.24, 2.45) is 4.99 Å². The Balaban J connectivity index is 1.58. The minimum atomic E-state index is 0.666. The van der Waals surface area contributed by atoms with Gasteiger partial charge in [-0.05, 0) is 0 Å². The van der Waals surface area contributed by atoms with Crippen LogP contribution < -0.4 is 5.32 Å². The van der Waals surface area contributed by atoms with Gasteiger partial charge in [-0.1, -0.05) is 18.7 Å². The highest BCUT2D eigenvalue weighted by Crippen LogP contribution is 2.18. The summed E-state index contributed by atoms with van der Waals surface area (Å²) < 4.78 is 0. The van der Waals surface area contributed by atoms with E-state index in [4.69, 9.17) is 0 Å². The first-order chi connectivity index (χ1) is 7.34. The molecule has 2 aliphatic heterocycles. The number of nitrogens with zero attached hydrogens (tertiary/aromatic N) is 2. The molecule has 2 heterocycles.